The maximum atomic E-state index is 11.6. The molecule has 0 unspecified atom stereocenters. The maximum Gasteiger partial charge on any atom is 0.235 e. The highest BCUT2D eigenvalue weighted by Crippen LogP contribution is 2.27. The van der Waals surface area contributed by atoms with E-state index in [0.29, 0.717) is 6.42 Å². The number of nitriles is 1. The van der Waals surface area contributed by atoms with Crippen LogP contribution >= 0.6 is 0 Å². The van der Waals surface area contributed by atoms with Crippen LogP contribution in [0, 0.1) is 11.5 Å². The molecule has 1 aliphatic carbocycles. The van der Waals surface area contributed by atoms with Crippen molar-refractivity contribution >= 4 is 14.0 Å². The Morgan fingerprint density at radius 2 is 2.07 bits per heavy atom. The molecule has 0 N–H and O–H groups in total. The van der Waals surface area contributed by atoms with E-state index in [4.69, 9.17) is 5.26 Å². The fourth-order valence-electron chi connectivity index (χ4n) is 1.28. The molecule has 1 rings (SSSR count). The number of rotatable bonds is 4. The van der Waals surface area contributed by atoms with Gasteiger partial charge >= 0.3 is 0 Å². The summed E-state index contributed by atoms with van der Waals surface area (Å²) in [5.74, 6) is 0.0254. The molecule has 0 spiro atoms. The van der Waals surface area contributed by atoms with Gasteiger partial charge in [0, 0.05) is 20.5 Å². The molecule has 14 heavy (non-hydrogen) atoms. The molecular formula is C10H18N2OSi. The number of carbonyl (C=O) groups excluding carboxylic acids is 1. The second-order valence-corrected chi connectivity index (χ2v) is 10.8. The number of nitrogens with zero attached hydrogens (tertiary/aromatic N) is 2. The second-order valence-electron chi connectivity index (χ2n) is 5.16. The Labute approximate surface area is 86.7 Å². The van der Waals surface area contributed by atoms with Gasteiger partial charge in [-0.25, -0.2) is 4.90 Å². The van der Waals surface area contributed by atoms with Crippen molar-refractivity contribution in [3.63, 3.8) is 0 Å². The monoisotopic (exact) mass is 210 g/mol. The quantitative estimate of drug-likeness (QED) is 0.405. The molecular weight excluding hydrogens is 192 g/mol. The summed E-state index contributed by atoms with van der Waals surface area (Å²) in [6, 6.07) is 1.21. The van der Waals surface area contributed by atoms with Crippen LogP contribution in [-0.4, -0.2) is 24.9 Å². The Balaban J connectivity index is 2.37. The zero-order chi connectivity index (χ0) is 10.8. The molecule has 1 fully saturated rings. The van der Waals surface area contributed by atoms with Crippen molar-refractivity contribution in [1.29, 1.82) is 5.26 Å². The van der Waals surface area contributed by atoms with Crippen LogP contribution in [0.1, 0.15) is 19.3 Å². The fourth-order valence-corrected chi connectivity index (χ4v) is 2.24. The first kappa shape index (κ1) is 11.3. The van der Waals surface area contributed by atoms with E-state index in [1.54, 1.807) is 0 Å². The Kier molecular flexibility index (Phi) is 3.32. The molecule has 0 radical (unpaired) electrons. The summed E-state index contributed by atoms with van der Waals surface area (Å²) >= 11 is 0. The van der Waals surface area contributed by atoms with Crippen molar-refractivity contribution in [2.24, 2.45) is 0 Å². The van der Waals surface area contributed by atoms with E-state index in [1.807, 2.05) is 6.19 Å². The molecule has 0 aliphatic heterocycles. The second kappa shape index (κ2) is 4.14. The van der Waals surface area contributed by atoms with Gasteiger partial charge in [-0.2, -0.15) is 5.26 Å². The van der Waals surface area contributed by atoms with E-state index in [2.05, 4.69) is 19.6 Å². The normalized spacial score (nSPS) is 16.1. The van der Waals surface area contributed by atoms with Crippen LogP contribution in [-0.2, 0) is 4.79 Å². The van der Waals surface area contributed by atoms with E-state index < -0.39 is 8.07 Å². The summed E-state index contributed by atoms with van der Waals surface area (Å²) in [4.78, 5) is 13.0. The first-order chi connectivity index (χ1) is 6.44. The zero-order valence-corrected chi connectivity index (χ0v) is 10.2. The summed E-state index contributed by atoms with van der Waals surface area (Å²) in [6.07, 6.45) is 4.57. The van der Waals surface area contributed by atoms with Gasteiger partial charge in [0.05, 0.1) is 0 Å². The average Bonchev–Trinajstić information content (AvgIpc) is 2.85. The van der Waals surface area contributed by atoms with Gasteiger partial charge in [0.2, 0.25) is 5.91 Å². The minimum atomic E-state index is -1.15. The van der Waals surface area contributed by atoms with Gasteiger partial charge in [0.1, 0.15) is 0 Å². The van der Waals surface area contributed by atoms with Gasteiger partial charge in [-0.3, -0.25) is 4.79 Å². The van der Waals surface area contributed by atoms with Gasteiger partial charge in [0.15, 0.2) is 6.19 Å². The van der Waals surface area contributed by atoms with Crippen LogP contribution in [0.5, 0.6) is 0 Å². The Morgan fingerprint density at radius 1 is 1.50 bits per heavy atom. The SMILES string of the molecule is C[Si](C)(C)CCC(=O)N(C#N)C1CC1. The van der Waals surface area contributed by atoms with E-state index in [9.17, 15) is 4.79 Å². The fraction of sp³-hybridized carbons (Fsp3) is 0.800. The first-order valence-electron chi connectivity index (χ1n) is 5.16. The lowest BCUT2D eigenvalue weighted by molar-refractivity contribution is -0.128. The minimum Gasteiger partial charge on any atom is -0.274 e. The lowest BCUT2D eigenvalue weighted by atomic mass is 10.4. The molecule has 1 saturated carbocycles. The van der Waals surface area contributed by atoms with Crippen molar-refractivity contribution in [2.75, 3.05) is 0 Å². The number of carbonyl (C=O) groups is 1. The molecule has 1 aliphatic rings. The third-order valence-electron chi connectivity index (χ3n) is 2.38. The van der Waals surface area contributed by atoms with E-state index in [-0.39, 0.29) is 11.9 Å². The van der Waals surface area contributed by atoms with Gasteiger partial charge in [-0.05, 0) is 18.9 Å². The highest BCUT2D eigenvalue weighted by atomic mass is 28.3. The van der Waals surface area contributed by atoms with Crippen LogP contribution in [0.2, 0.25) is 25.7 Å². The maximum absolute atomic E-state index is 11.6. The summed E-state index contributed by atoms with van der Waals surface area (Å²) in [7, 11) is -1.15. The van der Waals surface area contributed by atoms with E-state index >= 15 is 0 Å². The summed E-state index contributed by atoms with van der Waals surface area (Å²) < 4.78 is 0. The third-order valence-corrected chi connectivity index (χ3v) is 4.13. The van der Waals surface area contributed by atoms with E-state index in [0.717, 1.165) is 18.9 Å². The van der Waals surface area contributed by atoms with Crippen molar-refractivity contribution in [1.82, 2.24) is 4.90 Å². The summed E-state index contributed by atoms with van der Waals surface area (Å²) in [5, 5.41) is 8.80. The Hall–Kier alpha value is -0.823. The molecule has 0 aromatic heterocycles. The minimum absolute atomic E-state index is 0.0254. The van der Waals surface area contributed by atoms with Crippen molar-refractivity contribution in [3.8, 4) is 6.19 Å². The van der Waals surface area contributed by atoms with Gasteiger partial charge in [-0.1, -0.05) is 19.6 Å². The topological polar surface area (TPSA) is 44.1 Å². The molecule has 0 aromatic carbocycles. The Morgan fingerprint density at radius 3 is 2.43 bits per heavy atom. The molecule has 4 heteroatoms. The smallest absolute Gasteiger partial charge is 0.235 e. The molecule has 3 nitrogen and oxygen atoms in total. The molecule has 0 saturated heterocycles. The van der Waals surface area contributed by atoms with Crippen LogP contribution in [0.4, 0.5) is 0 Å². The van der Waals surface area contributed by atoms with Crippen molar-refractivity contribution < 1.29 is 4.79 Å². The standard InChI is InChI=1S/C10H18N2OSi/c1-14(2,3)7-6-10(13)12(8-11)9-4-5-9/h9H,4-7H2,1-3H3. The zero-order valence-electron chi connectivity index (χ0n) is 9.21. The van der Waals surface area contributed by atoms with Crippen molar-refractivity contribution in [2.45, 2.75) is 51.0 Å². The highest BCUT2D eigenvalue weighted by molar-refractivity contribution is 6.76. The first-order valence-corrected chi connectivity index (χ1v) is 8.86. The van der Waals surface area contributed by atoms with Crippen LogP contribution in [0.25, 0.3) is 0 Å². The number of hydrogen-bond acceptors (Lipinski definition) is 2. The van der Waals surface area contributed by atoms with Gasteiger partial charge in [0.25, 0.3) is 0 Å². The molecule has 78 valence electrons. The molecule has 0 atom stereocenters. The molecule has 0 bridgehead atoms. The van der Waals surface area contributed by atoms with Gasteiger partial charge in [-0.15, -0.1) is 0 Å². The van der Waals surface area contributed by atoms with Crippen LogP contribution in [0.3, 0.4) is 0 Å². The molecule has 0 aromatic rings. The number of amides is 1. The lowest BCUT2D eigenvalue weighted by Gasteiger charge is -2.17. The number of hydrogen-bond donors (Lipinski definition) is 0. The van der Waals surface area contributed by atoms with Crippen molar-refractivity contribution in [3.05, 3.63) is 0 Å². The van der Waals surface area contributed by atoms with Crippen LogP contribution < -0.4 is 0 Å². The largest absolute Gasteiger partial charge is 0.274 e. The third kappa shape index (κ3) is 3.50. The summed E-state index contributed by atoms with van der Waals surface area (Å²) in [6.45, 7) is 6.73. The van der Waals surface area contributed by atoms with E-state index in [1.165, 1.54) is 4.90 Å². The Bertz CT molecular complexity index is 260. The molecule has 0 heterocycles. The van der Waals surface area contributed by atoms with Crippen LogP contribution in [0.15, 0.2) is 0 Å². The molecule has 1 amide bonds. The predicted octanol–water partition coefficient (Wildman–Crippen LogP) is 2.19. The summed E-state index contributed by atoms with van der Waals surface area (Å²) in [5.41, 5.74) is 0. The predicted molar refractivity (Wildman–Crippen MR) is 58.3 cm³/mol. The lowest BCUT2D eigenvalue weighted by Crippen LogP contribution is -2.30. The van der Waals surface area contributed by atoms with Gasteiger partial charge < -0.3 is 0 Å². The highest BCUT2D eigenvalue weighted by Gasteiger charge is 2.33. The average molecular weight is 210 g/mol.